The summed E-state index contributed by atoms with van der Waals surface area (Å²) in [7, 11) is 1.59. The maximum absolute atomic E-state index is 11.4. The zero-order valence-electron chi connectivity index (χ0n) is 11.9. The van der Waals surface area contributed by atoms with Crippen molar-refractivity contribution in [3.8, 4) is 0 Å². The molecule has 0 aromatic heterocycles. The molecule has 0 atom stereocenters. The topological polar surface area (TPSA) is 93.4 Å². The number of carbonyl (C=O) groups is 2. The Hall–Kier alpha value is -1.92. The Bertz CT molecular complexity index is 475. The Morgan fingerprint density at radius 1 is 1.35 bits per heavy atom. The summed E-state index contributed by atoms with van der Waals surface area (Å²) in [6, 6.07) is 5.27. The van der Waals surface area contributed by atoms with Crippen LogP contribution >= 0.6 is 0 Å². The first kappa shape index (κ1) is 16.1. The van der Waals surface area contributed by atoms with Crippen molar-refractivity contribution in [1.82, 2.24) is 10.6 Å². The summed E-state index contributed by atoms with van der Waals surface area (Å²) in [6.07, 6.45) is 0. The van der Waals surface area contributed by atoms with E-state index in [-0.39, 0.29) is 12.5 Å². The van der Waals surface area contributed by atoms with Gasteiger partial charge < -0.3 is 21.1 Å². The van der Waals surface area contributed by atoms with Gasteiger partial charge >= 0.3 is 0 Å². The van der Waals surface area contributed by atoms with Crippen LogP contribution in [0.5, 0.6) is 0 Å². The average Bonchev–Trinajstić information content (AvgIpc) is 2.40. The highest BCUT2D eigenvalue weighted by molar-refractivity contribution is 5.93. The summed E-state index contributed by atoms with van der Waals surface area (Å²) in [5, 5.41) is 5.77. The standard InChI is InChI=1S/C14H21N3O3/c1-10-7-11(14(15)19)3-4-12(10)8-16-9-13(18)17-5-6-20-2/h3-4,7,16H,5-6,8-9H2,1-2H3,(H2,15,19)(H,17,18). The van der Waals surface area contributed by atoms with Crippen LogP contribution in [0.1, 0.15) is 21.5 Å². The molecule has 0 heterocycles. The zero-order valence-corrected chi connectivity index (χ0v) is 11.9. The van der Waals surface area contributed by atoms with Crippen LogP contribution < -0.4 is 16.4 Å². The first-order valence-electron chi connectivity index (χ1n) is 6.40. The largest absolute Gasteiger partial charge is 0.383 e. The maximum atomic E-state index is 11.4. The molecule has 0 aliphatic heterocycles. The summed E-state index contributed by atoms with van der Waals surface area (Å²) in [4.78, 5) is 22.5. The first-order chi connectivity index (χ1) is 9.54. The van der Waals surface area contributed by atoms with Crippen molar-refractivity contribution >= 4 is 11.8 Å². The lowest BCUT2D eigenvalue weighted by atomic mass is 10.0. The first-order valence-corrected chi connectivity index (χ1v) is 6.40. The average molecular weight is 279 g/mol. The predicted molar refractivity (Wildman–Crippen MR) is 76.3 cm³/mol. The van der Waals surface area contributed by atoms with Gasteiger partial charge in [0.05, 0.1) is 13.2 Å². The number of amides is 2. The third kappa shape index (κ3) is 5.38. The van der Waals surface area contributed by atoms with Crippen LogP contribution in [-0.4, -0.2) is 38.6 Å². The van der Waals surface area contributed by atoms with Gasteiger partial charge in [0.15, 0.2) is 0 Å². The molecule has 1 aromatic carbocycles. The summed E-state index contributed by atoms with van der Waals surface area (Å²) in [5.41, 5.74) is 7.70. The minimum atomic E-state index is -0.440. The van der Waals surface area contributed by atoms with Crippen LogP contribution in [0.15, 0.2) is 18.2 Å². The van der Waals surface area contributed by atoms with Crippen LogP contribution in [0.3, 0.4) is 0 Å². The molecule has 0 aliphatic carbocycles. The second-order valence-corrected chi connectivity index (χ2v) is 4.45. The van der Waals surface area contributed by atoms with Gasteiger partial charge in [-0.25, -0.2) is 0 Å². The van der Waals surface area contributed by atoms with Gasteiger partial charge in [-0.05, 0) is 30.2 Å². The molecule has 0 spiro atoms. The maximum Gasteiger partial charge on any atom is 0.248 e. The highest BCUT2D eigenvalue weighted by Gasteiger charge is 2.05. The fourth-order valence-electron chi connectivity index (χ4n) is 1.71. The number of aryl methyl sites for hydroxylation is 1. The molecule has 0 radical (unpaired) electrons. The van der Waals surface area contributed by atoms with Gasteiger partial charge in [-0.15, -0.1) is 0 Å². The summed E-state index contributed by atoms with van der Waals surface area (Å²) in [6.45, 7) is 3.70. The third-order valence-corrected chi connectivity index (χ3v) is 2.86. The molecule has 0 aliphatic rings. The van der Waals surface area contributed by atoms with Crippen molar-refractivity contribution in [2.24, 2.45) is 5.73 Å². The molecular weight excluding hydrogens is 258 g/mol. The van der Waals surface area contributed by atoms with E-state index < -0.39 is 5.91 Å². The Balaban J connectivity index is 2.38. The predicted octanol–water partition coefficient (Wildman–Crippen LogP) is -0.0539. The number of primary amides is 1. The molecule has 1 aromatic rings. The quantitative estimate of drug-likeness (QED) is 0.581. The van der Waals surface area contributed by atoms with Gasteiger partial charge in [-0.2, -0.15) is 0 Å². The van der Waals surface area contributed by atoms with Crippen molar-refractivity contribution in [3.63, 3.8) is 0 Å². The van der Waals surface area contributed by atoms with Gasteiger partial charge in [0.1, 0.15) is 0 Å². The summed E-state index contributed by atoms with van der Waals surface area (Å²) >= 11 is 0. The molecule has 0 saturated heterocycles. The Labute approximate surface area is 118 Å². The monoisotopic (exact) mass is 279 g/mol. The van der Waals surface area contributed by atoms with Crippen molar-refractivity contribution in [2.75, 3.05) is 26.8 Å². The molecular formula is C14H21N3O3. The summed E-state index contributed by atoms with van der Waals surface area (Å²) in [5.74, 6) is -0.515. The molecule has 110 valence electrons. The molecule has 4 N–H and O–H groups in total. The minimum Gasteiger partial charge on any atom is -0.383 e. The molecule has 2 amide bonds. The number of carbonyl (C=O) groups excluding carboxylic acids is 2. The molecule has 6 nitrogen and oxygen atoms in total. The molecule has 20 heavy (non-hydrogen) atoms. The van der Waals surface area contributed by atoms with Crippen molar-refractivity contribution in [3.05, 3.63) is 34.9 Å². The highest BCUT2D eigenvalue weighted by atomic mass is 16.5. The number of rotatable bonds is 8. The Morgan fingerprint density at radius 2 is 2.10 bits per heavy atom. The van der Waals surface area contributed by atoms with Gasteiger partial charge in [-0.1, -0.05) is 6.07 Å². The number of ether oxygens (including phenoxy) is 1. The van der Waals surface area contributed by atoms with Gasteiger partial charge in [0.25, 0.3) is 0 Å². The SMILES string of the molecule is COCCNC(=O)CNCc1ccc(C(N)=O)cc1C. The van der Waals surface area contributed by atoms with Crippen LogP contribution in [0, 0.1) is 6.92 Å². The van der Waals surface area contributed by atoms with E-state index in [1.54, 1.807) is 19.2 Å². The van der Waals surface area contributed by atoms with Crippen molar-refractivity contribution in [1.29, 1.82) is 0 Å². The third-order valence-electron chi connectivity index (χ3n) is 2.86. The lowest BCUT2D eigenvalue weighted by molar-refractivity contribution is -0.120. The number of hydrogen-bond donors (Lipinski definition) is 3. The van der Waals surface area contributed by atoms with Crippen LogP contribution in [0.4, 0.5) is 0 Å². The van der Waals surface area contributed by atoms with E-state index in [1.807, 2.05) is 13.0 Å². The molecule has 0 saturated carbocycles. The van der Waals surface area contributed by atoms with E-state index in [4.69, 9.17) is 10.5 Å². The van der Waals surface area contributed by atoms with E-state index in [9.17, 15) is 9.59 Å². The van der Waals surface area contributed by atoms with Gasteiger partial charge in [0, 0.05) is 25.8 Å². The van der Waals surface area contributed by atoms with Gasteiger partial charge in [-0.3, -0.25) is 9.59 Å². The zero-order chi connectivity index (χ0) is 15.0. The fourth-order valence-corrected chi connectivity index (χ4v) is 1.71. The van der Waals surface area contributed by atoms with E-state index in [2.05, 4.69) is 10.6 Å². The van der Waals surface area contributed by atoms with E-state index in [0.29, 0.717) is 25.3 Å². The van der Waals surface area contributed by atoms with Gasteiger partial charge in [0.2, 0.25) is 11.8 Å². The Kier molecular flexibility index (Phi) is 6.69. The number of nitrogens with one attached hydrogen (secondary N) is 2. The second-order valence-electron chi connectivity index (χ2n) is 4.45. The number of benzene rings is 1. The lowest BCUT2D eigenvalue weighted by Gasteiger charge is -2.09. The lowest BCUT2D eigenvalue weighted by Crippen LogP contribution is -2.35. The smallest absolute Gasteiger partial charge is 0.248 e. The van der Waals surface area contributed by atoms with E-state index >= 15 is 0 Å². The Morgan fingerprint density at radius 3 is 2.70 bits per heavy atom. The molecule has 6 heteroatoms. The van der Waals surface area contributed by atoms with Crippen molar-refractivity contribution < 1.29 is 14.3 Å². The van der Waals surface area contributed by atoms with E-state index in [1.165, 1.54) is 0 Å². The van der Waals surface area contributed by atoms with Crippen molar-refractivity contribution in [2.45, 2.75) is 13.5 Å². The van der Waals surface area contributed by atoms with Crippen LogP contribution in [0.2, 0.25) is 0 Å². The molecule has 0 fully saturated rings. The van der Waals surface area contributed by atoms with Crippen LogP contribution in [0.25, 0.3) is 0 Å². The normalized spacial score (nSPS) is 10.3. The van der Waals surface area contributed by atoms with E-state index in [0.717, 1.165) is 11.1 Å². The number of methoxy groups -OCH3 is 1. The molecule has 0 unspecified atom stereocenters. The highest BCUT2D eigenvalue weighted by Crippen LogP contribution is 2.10. The molecule has 0 bridgehead atoms. The van der Waals surface area contributed by atoms with Crippen LogP contribution in [-0.2, 0) is 16.1 Å². The minimum absolute atomic E-state index is 0.0755. The number of hydrogen-bond acceptors (Lipinski definition) is 4. The number of nitrogens with two attached hydrogens (primary N) is 1. The fraction of sp³-hybridized carbons (Fsp3) is 0.429. The summed E-state index contributed by atoms with van der Waals surface area (Å²) < 4.78 is 4.84. The second kappa shape index (κ2) is 8.29. The molecule has 1 rings (SSSR count).